The molecule has 1 saturated heterocycles. The molecule has 1 heterocycles. The molecule has 0 aliphatic carbocycles. The normalized spacial score (nSPS) is 15.0. The quantitative estimate of drug-likeness (QED) is 0.356. The number of halogens is 2. The first-order chi connectivity index (χ1) is 16.2. The number of hydrogen-bond acceptors (Lipinski definition) is 4. The van der Waals surface area contributed by atoms with Gasteiger partial charge >= 0.3 is 6.03 Å². The van der Waals surface area contributed by atoms with Crippen LogP contribution < -0.4 is 15.0 Å². The largest absolute Gasteiger partial charge is 0.488 e. The highest BCUT2D eigenvalue weighted by Crippen LogP contribution is 2.30. The highest BCUT2D eigenvalue weighted by Gasteiger charge is 2.37. The number of carbonyl (C=O) groups excluding carboxylic acids is 3. The van der Waals surface area contributed by atoms with Crippen molar-refractivity contribution in [3.05, 3.63) is 98.5 Å². The number of nitrogens with one attached hydrogen (secondary N) is 1. The van der Waals surface area contributed by atoms with Crippen molar-refractivity contribution in [1.82, 2.24) is 5.32 Å². The lowest BCUT2D eigenvalue weighted by atomic mass is 10.0. The Balaban J connectivity index is 1.69. The molecule has 1 aliphatic rings. The Morgan fingerprint density at radius 2 is 1.65 bits per heavy atom. The average molecular weight is 495 g/mol. The van der Waals surface area contributed by atoms with Gasteiger partial charge in [0.25, 0.3) is 11.8 Å². The molecule has 6 nitrogen and oxygen atoms in total. The Labute approximate surface area is 206 Å². The minimum absolute atomic E-state index is 0.209. The maximum Gasteiger partial charge on any atom is 0.335 e. The monoisotopic (exact) mass is 494 g/mol. The van der Waals surface area contributed by atoms with Gasteiger partial charge in [-0.3, -0.25) is 14.9 Å². The summed E-state index contributed by atoms with van der Waals surface area (Å²) in [7, 11) is 0. The van der Waals surface area contributed by atoms with Gasteiger partial charge in [-0.25, -0.2) is 9.69 Å². The fourth-order valence-corrected chi connectivity index (χ4v) is 3.82. The number of anilines is 1. The van der Waals surface area contributed by atoms with Crippen molar-refractivity contribution in [3.8, 4) is 5.75 Å². The van der Waals surface area contributed by atoms with Crippen LogP contribution in [0.1, 0.15) is 22.3 Å². The highest BCUT2D eigenvalue weighted by molar-refractivity contribution is 6.39. The highest BCUT2D eigenvalue weighted by atomic mass is 35.5. The predicted molar refractivity (Wildman–Crippen MR) is 132 cm³/mol. The molecule has 4 amide bonds. The van der Waals surface area contributed by atoms with Gasteiger partial charge in [0.1, 0.15) is 17.9 Å². The Bertz CT molecular complexity index is 1330. The number of amides is 4. The number of benzene rings is 3. The van der Waals surface area contributed by atoms with Crippen molar-refractivity contribution in [2.75, 3.05) is 4.90 Å². The van der Waals surface area contributed by atoms with Crippen LogP contribution in [0.5, 0.6) is 5.75 Å². The van der Waals surface area contributed by atoms with Crippen molar-refractivity contribution >= 4 is 52.8 Å². The lowest BCUT2D eigenvalue weighted by Gasteiger charge is -2.28. The molecule has 1 aliphatic heterocycles. The number of rotatable bonds is 5. The SMILES string of the molecule is Cc1cccc(N2C(=O)NC(=O)/C(=C\c3cc(Cl)ccc3OCc3ccc(Cl)cc3)C2=O)c1C. The summed E-state index contributed by atoms with van der Waals surface area (Å²) in [5, 5.41) is 3.26. The smallest absolute Gasteiger partial charge is 0.335 e. The summed E-state index contributed by atoms with van der Waals surface area (Å²) in [6.07, 6.45) is 1.38. The van der Waals surface area contributed by atoms with Crippen LogP contribution in [0.25, 0.3) is 6.08 Å². The topological polar surface area (TPSA) is 75.7 Å². The molecule has 0 bridgehead atoms. The van der Waals surface area contributed by atoms with Gasteiger partial charge in [0.05, 0.1) is 5.69 Å². The molecule has 3 aromatic carbocycles. The van der Waals surface area contributed by atoms with Gasteiger partial charge in [0, 0.05) is 15.6 Å². The Morgan fingerprint density at radius 1 is 0.941 bits per heavy atom. The van der Waals surface area contributed by atoms with Gasteiger partial charge in [-0.05, 0) is 73.0 Å². The van der Waals surface area contributed by atoms with E-state index in [0.29, 0.717) is 27.0 Å². The molecule has 3 aromatic rings. The minimum atomic E-state index is -0.800. The summed E-state index contributed by atoms with van der Waals surface area (Å²) in [6, 6.07) is 16.6. The Hall–Kier alpha value is -3.61. The lowest BCUT2D eigenvalue weighted by molar-refractivity contribution is -0.122. The van der Waals surface area contributed by atoms with Crippen molar-refractivity contribution in [1.29, 1.82) is 0 Å². The van der Waals surface area contributed by atoms with E-state index in [9.17, 15) is 14.4 Å². The van der Waals surface area contributed by atoms with E-state index in [1.54, 1.807) is 42.5 Å². The number of nitrogens with zero attached hydrogens (tertiary/aromatic N) is 1. The van der Waals surface area contributed by atoms with Crippen molar-refractivity contribution in [2.45, 2.75) is 20.5 Å². The molecule has 1 fully saturated rings. The van der Waals surface area contributed by atoms with Crippen molar-refractivity contribution in [3.63, 3.8) is 0 Å². The van der Waals surface area contributed by atoms with E-state index in [1.165, 1.54) is 6.08 Å². The van der Waals surface area contributed by atoms with Crippen molar-refractivity contribution in [2.24, 2.45) is 0 Å². The number of urea groups is 1. The number of hydrogen-bond donors (Lipinski definition) is 1. The van der Waals surface area contributed by atoms with Crippen LogP contribution in [0.15, 0.2) is 66.2 Å². The Kier molecular flexibility index (Phi) is 6.72. The molecule has 0 radical (unpaired) electrons. The molecular formula is C26H20Cl2N2O4. The van der Waals surface area contributed by atoms with E-state index in [0.717, 1.165) is 21.6 Å². The van der Waals surface area contributed by atoms with Gasteiger partial charge in [0.2, 0.25) is 0 Å². The molecule has 0 atom stereocenters. The fourth-order valence-electron chi connectivity index (χ4n) is 3.51. The van der Waals surface area contributed by atoms with Crippen LogP contribution in [0.2, 0.25) is 10.0 Å². The molecule has 0 saturated carbocycles. The van der Waals surface area contributed by atoms with Gasteiger partial charge < -0.3 is 4.74 Å². The first-order valence-electron chi connectivity index (χ1n) is 10.4. The Morgan fingerprint density at radius 3 is 2.38 bits per heavy atom. The molecule has 0 spiro atoms. The van der Waals surface area contributed by atoms with E-state index >= 15 is 0 Å². The molecule has 8 heteroatoms. The maximum atomic E-state index is 13.3. The van der Waals surface area contributed by atoms with Crippen LogP contribution in [0.3, 0.4) is 0 Å². The second-order valence-electron chi connectivity index (χ2n) is 7.77. The predicted octanol–water partition coefficient (Wildman–Crippen LogP) is 5.86. The van der Waals surface area contributed by atoms with Crippen molar-refractivity contribution < 1.29 is 19.1 Å². The molecular weight excluding hydrogens is 475 g/mol. The summed E-state index contributed by atoms with van der Waals surface area (Å²) < 4.78 is 5.93. The minimum Gasteiger partial charge on any atom is -0.488 e. The lowest BCUT2D eigenvalue weighted by Crippen LogP contribution is -2.54. The average Bonchev–Trinajstić information content (AvgIpc) is 2.80. The van der Waals surface area contributed by atoms with Gasteiger partial charge in [0.15, 0.2) is 0 Å². The fraction of sp³-hybridized carbons (Fsp3) is 0.115. The van der Waals surface area contributed by atoms with E-state index in [-0.39, 0.29) is 12.2 Å². The summed E-state index contributed by atoms with van der Waals surface area (Å²) in [6.45, 7) is 3.93. The number of barbiturate groups is 1. The third kappa shape index (κ3) is 4.83. The molecule has 0 aromatic heterocycles. The van der Waals surface area contributed by atoms with E-state index < -0.39 is 17.8 Å². The number of imide groups is 2. The standard InChI is InChI=1S/C26H20Cl2N2O4/c1-15-4-3-5-22(16(15)2)30-25(32)21(24(31)29-26(30)33)13-18-12-20(28)10-11-23(18)34-14-17-6-8-19(27)9-7-17/h3-13H,14H2,1-2H3,(H,29,31,33)/b21-13+. The first kappa shape index (κ1) is 23.5. The second-order valence-corrected chi connectivity index (χ2v) is 8.65. The van der Waals surface area contributed by atoms with Crippen LogP contribution >= 0.6 is 23.2 Å². The van der Waals surface area contributed by atoms with Gasteiger partial charge in [-0.15, -0.1) is 0 Å². The zero-order valence-electron chi connectivity index (χ0n) is 18.4. The molecule has 0 unspecified atom stereocenters. The third-order valence-corrected chi connectivity index (χ3v) is 5.98. The van der Waals surface area contributed by atoms with Crippen LogP contribution in [0, 0.1) is 13.8 Å². The van der Waals surface area contributed by atoms with E-state index in [1.807, 2.05) is 32.0 Å². The van der Waals surface area contributed by atoms with E-state index in [4.69, 9.17) is 27.9 Å². The second kappa shape index (κ2) is 9.71. The summed E-state index contributed by atoms with van der Waals surface area (Å²) in [5.41, 5.74) is 3.18. The molecule has 172 valence electrons. The molecule has 1 N–H and O–H groups in total. The van der Waals surface area contributed by atoms with E-state index in [2.05, 4.69) is 5.32 Å². The van der Waals surface area contributed by atoms with Gasteiger partial charge in [-0.2, -0.15) is 0 Å². The first-order valence-corrected chi connectivity index (χ1v) is 11.1. The zero-order valence-corrected chi connectivity index (χ0v) is 19.9. The molecule has 34 heavy (non-hydrogen) atoms. The number of aryl methyl sites for hydroxylation is 1. The summed E-state index contributed by atoms with van der Waals surface area (Å²) >= 11 is 12.1. The van der Waals surface area contributed by atoms with Crippen LogP contribution in [0.4, 0.5) is 10.5 Å². The van der Waals surface area contributed by atoms with Crippen LogP contribution in [-0.2, 0) is 16.2 Å². The third-order valence-electron chi connectivity index (χ3n) is 5.50. The zero-order chi connectivity index (χ0) is 24.4. The molecule has 4 rings (SSSR count). The van der Waals surface area contributed by atoms with Crippen LogP contribution in [-0.4, -0.2) is 17.8 Å². The van der Waals surface area contributed by atoms with Gasteiger partial charge in [-0.1, -0.05) is 47.5 Å². The maximum absolute atomic E-state index is 13.3. The summed E-state index contributed by atoms with van der Waals surface area (Å²) in [5.74, 6) is -1.10. The number of ether oxygens (including phenoxy) is 1. The number of carbonyl (C=O) groups is 3. The summed E-state index contributed by atoms with van der Waals surface area (Å²) in [4.78, 5) is 39.5.